The topological polar surface area (TPSA) is 81.3 Å². The van der Waals surface area contributed by atoms with Crippen molar-refractivity contribution in [2.75, 3.05) is 0 Å². The molecule has 4 rings (SSSR count). The van der Waals surface area contributed by atoms with Crippen molar-refractivity contribution in [3.05, 3.63) is 65.1 Å². The maximum absolute atomic E-state index is 12.3. The van der Waals surface area contributed by atoms with Gasteiger partial charge in [-0.2, -0.15) is 5.01 Å². The van der Waals surface area contributed by atoms with Gasteiger partial charge in [0.2, 0.25) is 18.0 Å². The maximum atomic E-state index is 12.3. The van der Waals surface area contributed by atoms with Crippen LogP contribution in [0.5, 0.6) is 5.75 Å². The number of amides is 1. The third-order valence-electron chi connectivity index (χ3n) is 4.67. The summed E-state index contributed by atoms with van der Waals surface area (Å²) in [7, 11) is 0. The van der Waals surface area contributed by atoms with Crippen molar-refractivity contribution in [1.82, 2.24) is 5.01 Å². The molecule has 0 saturated carbocycles. The minimum Gasteiger partial charge on any atom is -0.466 e. The van der Waals surface area contributed by atoms with Crippen LogP contribution in [0.1, 0.15) is 42.7 Å². The van der Waals surface area contributed by atoms with E-state index in [2.05, 4.69) is 5.10 Å². The van der Waals surface area contributed by atoms with Crippen LogP contribution in [-0.4, -0.2) is 22.8 Å². The first kappa shape index (κ1) is 18.7. The number of fused-ring (bicyclic) bond motifs is 1. The molecule has 0 fully saturated rings. The van der Waals surface area contributed by atoms with Gasteiger partial charge in [0, 0.05) is 13.8 Å². The van der Waals surface area contributed by atoms with Gasteiger partial charge in [0.05, 0.1) is 11.1 Å². The quantitative estimate of drug-likeness (QED) is 0.493. The Labute approximate surface area is 167 Å². The number of esters is 1. The lowest BCUT2D eigenvalue weighted by Crippen LogP contribution is -2.25. The molecule has 29 heavy (non-hydrogen) atoms. The van der Waals surface area contributed by atoms with Crippen LogP contribution in [0.3, 0.4) is 0 Å². The van der Waals surface area contributed by atoms with Crippen molar-refractivity contribution in [3.8, 4) is 5.75 Å². The lowest BCUT2D eigenvalue weighted by Gasteiger charge is -2.18. The Bertz CT molecular complexity index is 1160. The van der Waals surface area contributed by atoms with E-state index in [-0.39, 0.29) is 11.8 Å². The van der Waals surface area contributed by atoms with Crippen LogP contribution in [0.2, 0.25) is 0 Å². The normalized spacial score (nSPS) is 15.9. The summed E-state index contributed by atoms with van der Waals surface area (Å²) in [6.07, 6.45) is -0.760. The van der Waals surface area contributed by atoms with E-state index in [1.807, 2.05) is 50.2 Å². The Morgan fingerprint density at radius 1 is 1.10 bits per heavy atom. The van der Waals surface area contributed by atoms with E-state index in [0.29, 0.717) is 28.4 Å². The molecule has 0 spiro atoms. The lowest BCUT2D eigenvalue weighted by molar-refractivity contribution is -0.135. The number of carbonyl (C=O) groups excluding carboxylic acids is 2. The second-order valence-electron chi connectivity index (χ2n) is 6.86. The molecule has 7 heteroatoms. The minimum atomic E-state index is -0.760. The van der Waals surface area contributed by atoms with E-state index < -0.39 is 12.2 Å². The molecule has 1 amide bonds. The van der Waals surface area contributed by atoms with Crippen LogP contribution in [-0.2, 0) is 14.3 Å². The Morgan fingerprint density at radius 3 is 2.52 bits per heavy atom. The molecule has 0 saturated heterocycles. The summed E-state index contributed by atoms with van der Waals surface area (Å²) in [5.74, 6) is 1.15. The van der Waals surface area contributed by atoms with E-state index in [1.54, 1.807) is 6.07 Å². The molecule has 1 unspecified atom stereocenters. The van der Waals surface area contributed by atoms with E-state index in [1.165, 1.54) is 18.9 Å². The number of ether oxygens (including phenoxy) is 2. The number of hydrogen-bond acceptors (Lipinski definition) is 6. The van der Waals surface area contributed by atoms with Crippen LogP contribution in [0.4, 0.5) is 0 Å². The van der Waals surface area contributed by atoms with Crippen LogP contribution >= 0.6 is 0 Å². The van der Waals surface area contributed by atoms with Crippen molar-refractivity contribution in [1.29, 1.82) is 0 Å². The molecule has 0 aliphatic carbocycles. The summed E-state index contributed by atoms with van der Waals surface area (Å²) in [5, 5.41) is 7.43. The molecular weight excluding hydrogens is 372 g/mol. The van der Waals surface area contributed by atoms with E-state index in [0.717, 1.165) is 10.8 Å². The molecule has 0 N–H and O–H groups in total. The van der Waals surface area contributed by atoms with E-state index in [9.17, 15) is 9.59 Å². The summed E-state index contributed by atoms with van der Waals surface area (Å²) in [6, 6.07) is 13.0. The molecule has 2 heterocycles. The van der Waals surface area contributed by atoms with Crippen molar-refractivity contribution >= 4 is 28.5 Å². The third kappa shape index (κ3) is 3.35. The molecule has 148 valence electrons. The lowest BCUT2D eigenvalue weighted by atomic mass is 10.0. The predicted octanol–water partition coefficient (Wildman–Crippen LogP) is 4.21. The molecule has 1 aromatic heterocycles. The fourth-order valence-corrected chi connectivity index (χ4v) is 3.48. The number of carbonyl (C=O) groups is 2. The molecule has 3 aromatic rings. The fraction of sp³-hybridized carbons (Fsp3) is 0.227. The summed E-state index contributed by atoms with van der Waals surface area (Å²) in [6.45, 7) is 6.39. The van der Waals surface area contributed by atoms with Gasteiger partial charge < -0.3 is 13.9 Å². The largest absolute Gasteiger partial charge is 0.466 e. The molecule has 0 radical (unpaired) electrons. The maximum Gasteiger partial charge on any atom is 0.308 e. The molecular formula is C22H20N2O5. The molecule has 2 aromatic carbocycles. The number of hydrogen-bond donors (Lipinski definition) is 0. The Morgan fingerprint density at radius 2 is 1.86 bits per heavy atom. The third-order valence-corrected chi connectivity index (χ3v) is 4.67. The molecule has 1 aliphatic heterocycles. The first-order valence-electron chi connectivity index (χ1n) is 9.17. The summed E-state index contributed by atoms with van der Waals surface area (Å²) < 4.78 is 17.1. The van der Waals surface area contributed by atoms with E-state index >= 15 is 0 Å². The number of hydrazone groups is 1. The average Bonchev–Trinajstić information content (AvgIpc) is 3.24. The van der Waals surface area contributed by atoms with Crippen molar-refractivity contribution in [3.63, 3.8) is 0 Å². The standard InChI is InChI=1S/C22H20N2O5/c1-12-11-18(13(2)27-12)22-24(14(3)25)23-21(29-22)20-17-8-6-5-7-16(17)9-10-19(20)28-15(4)26/h5-11,22H,1-4H3. The Kier molecular flexibility index (Phi) is 4.58. The Balaban J connectivity index is 1.87. The molecule has 0 bridgehead atoms. The van der Waals surface area contributed by atoms with Crippen LogP contribution in [0, 0.1) is 13.8 Å². The zero-order chi connectivity index (χ0) is 20.7. The highest BCUT2D eigenvalue weighted by Gasteiger charge is 2.37. The van der Waals surface area contributed by atoms with Gasteiger partial charge in [-0.3, -0.25) is 9.59 Å². The molecule has 1 aliphatic rings. The highest BCUT2D eigenvalue weighted by Crippen LogP contribution is 2.37. The van der Waals surface area contributed by atoms with Gasteiger partial charge in [-0.1, -0.05) is 30.3 Å². The van der Waals surface area contributed by atoms with Crippen molar-refractivity contribution in [2.45, 2.75) is 33.9 Å². The van der Waals surface area contributed by atoms with Gasteiger partial charge >= 0.3 is 5.97 Å². The Hall–Kier alpha value is -3.61. The highest BCUT2D eigenvalue weighted by atomic mass is 16.5. The van der Waals surface area contributed by atoms with Gasteiger partial charge in [-0.05, 0) is 36.8 Å². The fourth-order valence-electron chi connectivity index (χ4n) is 3.48. The van der Waals surface area contributed by atoms with E-state index in [4.69, 9.17) is 13.9 Å². The van der Waals surface area contributed by atoms with Gasteiger partial charge in [-0.25, -0.2) is 0 Å². The highest BCUT2D eigenvalue weighted by molar-refractivity contribution is 6.10. The number of rotatable bonds is 3. The van der Waals surface area contributed by atoms with Gasteiger partial charge in [0.15, 0.2) is 0 Å². The van der Waals surface area contributed by atoms with Crippen molar-refractivity contribution in [2.24, 2.45) is 5.10 Å². The van der Waals surface area contributed by atoms with Crippen LogP contribution in [0.25, 0.3) is 10.8 Å². The van der Waals surface area contributed by atoms with Gasteiger partial charge in [-0.15, -0.1) is 5.10 Å². The first-order valence-corrected chi connectivity index (χ1v) is 9.17. The average molecular weight is 392 g/mol. The molecule has 1 atom stereocenters. The van der Waals surface area contributed by atoms with Crippen molar-refractivity contribution < 1.29 is 23.5 Å². The monoisotopic (exact) mass is 392 g/mol. The number of nitrogens with zero attached hydrogens (tertiary/aromatic N) is 2. The van der Waals surface area contributed by atoms with Gasteiger partial charge in [0.25, 0.3) is 0 Å². The first-order chi connectivity index (χ1) is 13.8. The number of aryl methyl sites for hydroxylation is 2. The molecule has 7 nitrogen and oxygen atoms in total. The summed E-state index contributed by atoms with van der Waals surface area (Å²) in [5.41, 5.74) is 1.23. The van der Waals surface area contributed by atoms with Crippen LogP contribution < -0.4 is 4.74 Å². The SMILES string of the molecule is CC(=O)Oc1ccc2ccccc2c1C1=NN(C(C)=O)C(c2cc(C)oc2C)O1. The zero-order valence-electron chi connectivity index (χ0n) is 16.6. The zero-order valence-corrected chi connectivity index (χ0v) is 16.6. The smallest absolute Gasteiger partial charge is 0.308 e. The van der Waals surface area contributed by atoms with Gasteiger partial charge in [0.1, 0.15) is 17.3 Å². The summed E-state index contributed by atoms with van der Waals surface area (Å²) in [4.78, 5) is 23.9. The second-order valence-corrected chi connectivity index (χ2v) is 6.86. The minimum absolute atomic E-state index is 0.205. The predicted molar refractivity (Wildman–Crippen MR) is 106 cm³/mol. The number of furan rings is 1. The summed E-state index contributed by atoms with van der Waals surface area (Å²) >= 11 is 0. The van der Waals surface area contributed by atoms with Crippen LogP contribution in [0.15, 0.2) is 52.0 Å². The number of benzene rings is 2. The second kappa shape index (κ2) is 7.09.